The summed E-state index contributed by atoms with van der Waals surface area (Å²) in [6, 6.07) is 14.6. The van der Waals surface area contributed by atoms with E-state index in [9.17, 15) is 9.90 Å². The summed E-state index contributed by atoms with van der Waals surface area (Å²) in [5, 5.41) is 17.1. The van der Waals surface area contributed by atoms with Gasteiger partial charge in [-0.15, -0.1) is 5.10 Å². The number of rotatable bonds is 7. The quantitative estimate of drug-likeness (QED) is 0.445. The van der Waals surface area contributed by atoms with Gasteiger partial charge >= 0.3 is 5.97 Å². The molecule has 0 atom stereocenters. The minimum atomic E-state index is -1.04. The maximum atomic E-state index is 11.5. The Balaban J connectivity index is 1.67. The molecular weight excluding hydrogens is 386 g/mol. The van der Waals surface area contributed by atoms with Crippen molar-refractivity contribution in [3.63, 3.8) is 0 Å². The molecule has 1 aromatic heterocycles. The van der Waals surface area contributed by atoms with Crippen molar-refractivity contribution in [1.29, 1.82) is 0 Å². The highest BCUT2D eigenvalue weighted by Gasteiger charge is 2.13. The normalized spacial score (nSPS) is 11.4. The van der Waals surface area contributed by atoms with E-state index in [0.29, 0.717) is 28.4 Å². The number of aryl methyl sites for hydroxylation is 1. The number of aromatic nitrogens is 3. The number of halogens is 1. The molecule has 0 aliphatic rings. The summed E-state index contributed by atoms with van der Waals surface area (Å²) < 4.78 is 5.73. The molecule has 0 saturated heterocycles. The number of hydrogen-bond acceptors (Lipinski definition) is 5. The molecule has 2 N–H and O–H groups in total. The van der Waals surface area contributed by atoms with Crippen molar-refractivity contribution >= 4 is 35.4 Å². The van der Waals surface area contributed by atoms with E-state index in [1.54, 1.807) is 37.3 Å². The average molecular weight is 402 g/mol. The summed E-state index contributed by atoms with van der Waals surface area (Å²) in [5.74, 6) is 0.272. The van der Waals surface area contributed by atoms with Gasteiger partial charge in [-0.3, -0.25) is 5.10 Å². The molecule has 0 radical (unpaired) electrons. The number of carboxylic acid groups (broad SMARTS) is 1. The van der Waals surface area contributed by atoms with Crippen LogP contribution in [0.25, 0.3) is 6.08 Å². The zero-order chi connectivity index (χ0) is 19.2. The predicted octanol–water partition coefficient (Wildman–Crippen LogP) is 4.56. The number of H-pyrrole nitrogens is 1. The lowest BCUT2D eigenvalue weighted by Crippen LogP contribution is -1.97. The van der Waals surface area contributed by atoms with Crippen molar-refractivity contribution in [2.75, 3.05) is 0 Å². The lowest BCUT2D eigenvalue weighted by atomic mass is 10.2. The van der Waals surface area contributed by atoms with Gasteiger partial charge in [0.25, 0.3) is 0 Å². The standard InChI is InChI=1S/C19H16ClN3O3S/c1-12-21-19(23-22-12)27-17(18(24)25)10-13-5-7-16(8-6-13)26-11-14-3-2-4-15(20)9-14/h2-10H,11H2,1H3,(H,24,25)(H,21,22,23)/b17-10-. The first-order chi connectivity index (χ1) is 13.0. The largest absolute Gasteiger partial charge is 0.489 e. The number of benzene rings is 2. The van der Waals surface area contributed by atoms with Gasteiger partial charge in [0.05, 0.1) is 0 Å². The summed E-state index contributed by atoms with van der Waals surface area (Å²) >= 11 is 6.95. The fraction of sp³-hybridized carbons (Fsp3) is 0.105. The van der Waals surface area contributed by atoms with Crippen LogP contribution in [0.2, 0.25) is 5.02 Å². The molecule has 3 aromatic rings. The first-order valence-corrected chi connectivity index (χ1v) is 9.18. The van der Waals surface area contributed by atoms with Crippen LogP contribution in [0.1, 0.15) is 17.0 Å². The van der Waals surface area contributed by atoms with Crippen LogP contribution in [-0.2, 0) is 11.4 Å². The third-order valence-electron chi connectivity index (χ3n) is 3.46. The Morgan fingerprint density at radius 2 is 2.07 bits per heavy atom. The van der Waals surface area contributed by atoms with Gasteiger partial charge in [-0.2, -0.15) is 0 Å². The van der Waals surface area contributed by atoms with Crippen LogP contribution >= 0.6 is 23.4 Å². The van der Waals surface area contributed by atoms with Crippen LogP contribution in [0.3, 0.4) is 0 Å². The Bertz CT molecular complexity index is 970. The van der Waals surface area contributed by atoms with Crippen LogP contribution in [0.5, 0.6) is 5.75 Å². The van der Waals surface area contributed by atoms with Gasteiger partial charge in [-0.05, 0) is 60.2 Å². The lowest BCUT2D eigenvalue weighted by Gasteiger charge is -2.07. The first kappa shape index (κ1) is 19.0. The van der Waals surface area contributed by atoms with Gasteiger partial charge in [-0.25, -0.2) is 9.78 Å². The topological polar surface area (TPSA) is 88.1 Å². The Morgan fingerprint density at radius 1 is 1.30 bits per heavy atom. The van der Waals surface area contributed by atoms with E-state index in [2.05, 4.69) is 15.2 Å². The number of hydrogen-bond donors (Lipinski definition) is 2. The van der Waals surface area contributed by atoms with Crippen LogP contribution in [-0.4, -0.2) is 26.3 Å². The van der Waals surface area contributed by atoms with Crippen LogP contribution < -0.4 is 4.74 Å². The number of nitrogens with zero attached hydrogens (tertiary/aromatic N) is 2. The minimum Gasteiger partial charge on any atom is -0.489 e. The number of nitrogens with one attached hydrogen (secondary N) is 1. The lowest BCUT2D eigenvalue weighted by molar-refractivity contribution is -0.131. The van der Waals surface area contributed by atoms with Crippen LogP contribution in [0.15, 0.2) is 58.6 Å². The Labute approximate surface area is 165 Å². The molecule has 0 amide bonds. The van der Waals surface area contributed by atoms with Gasteiger partial charge in [0.15, 0.2) is 0 Å². The number of thioether (sulfide) groups is 1. The van der Waals surface area contributed by atoms with Gasteiger partial charge in [0, 0.05) is 5.02 Å². The van der Waals surface area contributed by atoms with E-state index < -0.39 is 5.97 Å². The van der Waals surface area contributed by atoms with Gasteiger partial charge in [0.1, 0.15) is 23.1 Å². The molecule has 1 heterocycles. The van der Waals surface area contributed by atoms with Crippen molar-refractivity contribution in [2.24, 2.45) is 0 Å². The molecule has 0 bridgehead atoms. The van der Waals surface area contributed by atoms with Crippen molar-refractivity contribution < 1.29 is 14.6 Å². The second kappa shape index (κ2) is 8.75. The average Bonchev–Trinajstić information content (AvgIpc) is 3.05. The molecule has 0 aliphatic carbocycles. The molecule has 8 heteroatoms. The smallest absolute Gasteiger partial charge is 0.342 e. The first-order valence-electron chi connectivity index (χ1n) is 7.99. The molecule has 2 aromatic carbocycles. The highest BCUT2D eigenvalue weighted by Crippen LogP contribution is 2.26. The number of aliphatic carboxylic acids is 1. The predicted molar refractivity (Wildman–Crippen MR) is 105 cm³/mol. The highest BCUT2D eigenvalue weighted by atomic mass is 35.5. The second-order valence-corrected chi connectivity index (χ2v) is 7.05. The van der Waals surface area contributed by atoms with Crippen molar-refractivity contribution in [3.8, 4) is 5.75 Å². The van der Waals surface area contributed by atoms with E-state index in [-0.39, 0.29) is 4.91 Å². The van der Waals surface area contributed by atoms with Crippen molar-refractivity contribution in [1.82, 2.24) is 15.2 Å². The molecule has 3 rings (SSSR count). The number of carbonyl (C=O) groups is 1. The van der Waals surface area contributed by atoms with E-state index in [1.165, 1.54) is 0 Å². The third-order valence-corrected chi connectivity index (χ3v) is 4.57. The maximum Gasteiger partial charge on any atom is 0.342 e. The fourth-order valence-corrected chi connectivity index (χ4v) is 3.17. The zero-order valence-corrected chi connectivity index (χ0v) is 15.9. The summed E-state index contributed by atoms with van der Waals surface area (Å²) in [7, 11) is 0. The monoisotopic (exact) mass is 401 g/mol. The molecule has 0 saturated carbocycles. The summed E-state index contributed by atoms with van der Waals surface area (Å²) in [6.45, 7) is 2.15. The fourth-order valence-electron chi connectivity index (χ4n) is 2.21. The number of ether oxygens (including phenoxy) is 1. The van der Waals surface area contributed by atoms with E-state index in [1.807, 2.05) is 24.3 Å². The molecule has 0 aliphatic heterocycles. The molecular formula is C19H16ClN3O3S. The molecule has 6 nitrogen and oxygen atoms in total. The molecule has 0 unspecified atom stereocenters. The molecule has 0 spiro atoms. The highest BCUT2D eigenvalue weighted by molar-refractivity contribution is 8.04. The summed E-state index contributed by atoms with van der Waals surface area (Å²) in [4.78, 5) is 15.7. The van der Waals surface area contributed by atoms with Gasteiger partial charge in [0.2, 0.25) is 5.16 Å². The second-order valence-electron chi connectivity index (χ2n) is 5.61. The SMILES string of the molecule is Cc1nc(S/C(=C\c2ccc(OCc3cccc(Cl)c3)cc2)C(=O)O)n[nH]1. The summed E-state index contributed by atoms with van der Waals surface area (Å²) in [5.41, 5.74) is 1.71. The maximum absolute atomic E-state index is 11.5. The Morgan fingerprint density at radius 3 is 2.70 bits per heavy atom. The van der Waals surface area contributed by atoms with Gasteiger partial charge in [-0.1, -0.05) is 35.9 Å². The molecule has 138 valence electrons. The van der Waals surface area contributed by atoms with Crippen LogP contribution in [0.4, 0.5) is 0 Å². The van der Waals surface area contributed by atoms with E-state index in [4.69, 9.17) is 16.3 Å². The van der Waals surface area contributed by atoms with E-state index in [0.717, 1.165) is 22.9 Å². The van der Waals surface area contributed by atoms with Crippen LogP contribution in [0, 0.1) is 6.92 Å². The Kier molecular flexibility index (Phi) is 6.16. The summed E-state index contributed by atoms with van der Waals surface area (Å²) in [6.07, 6.45) is 1.57. The Hall–Kier alpha value is -2.77. The number of aromatic amines is 1. The van der Waals surface area contributed by atoms with Crippen molar-refractivity contribution in [2.45, 2.75) is 18.7 Å². The molecule has 27 heavy (non-hydrogen) atoms. The zero-order valence-electron chi connectivity index (χ0n) is 14.3. The van der Waals surface area contributed by atoms with Gasteiger partial charge < -0.3 is 9.84 Å². The third kappa shape index (κ3) is 5.60. The van der Waals surface area contributed by atoms with Crippen molar-refractivity contribution in [3.05, 3.63) is 75.4 Å². The minimum absolute atomic E-state index is 0.126. The van der Waals surface area contributed by atoms with E-state index >= 15 is 0 Å². The number of carboxylic acids is 1. The molecule has 0 fully saturated rings.